The lowest BCUT2D eigenvalue weighted by atomic mass is 9.95. The van der Waals surface area contributed by atoms with Crippen LogP contribution in [0.25, 0.3) is 0 Å². The molecule has 0 saturated heterocycles. The summed E-state index contributed by atoms with van der Waals surface area (Å²) < 4.78 is 5.59. The molecule has 0 radical (unpaired) electrons. The van der Waals surface area contributed by atoms with Gasteiger partial charge in [0.15, 0.2) is 19.0 Å². The number of esters is 1. The third-order valence-corrected chi connectivity index (χ3v) is 4.10. The summed E-state index contributed by atoms with van der Waals surface area (Å²) in [5, 5.41) is 13.9. The predicted molar refractivity (Wildman–Crippen MR) is 97.2 cm³/mol. The van der Waals surface area contributed by atoms with Crippen LogP contribution < -0.4 is 10.0 Å². The fourth-order valence-electron chi connectivity index (χ4n) is 2.57. The molecular formula is C20H24N2O4. The Kier molecular flexibility index (Phi) is 6.72. The molecule has 0 unspecified atom stereocenters. The van der Waals surface area contributed by atoms with Crippen LogP contribution in [-0.4, -0.2) is 18.5 Å². The van der Waals surface area contributed by atoms with E-state index in [9.17, 15) is 14.8 Å². The van der Waals surface area contributed by atoms with Crippen LogP contribution in [0.1, 0.15) is 48.3 Å². The maximum Gasteiger partial charge on any atom is 0.339 e. The summed E-state index contributed by atoms with van der Waals surface area (Å²) in [6.07, 6.45) is 3.36. The van der Waals surface area contributed by atoms with Crippen molar-refractivity contribution in [2.75, 3.05) is 6.61 Å². The highest BCUT2D eigenvalue weighted by atomic mass is 16.5. The second-order valence-electron chi connectivity index (χ2n) is 6.41. The summed E-state index contributed by atoms with van der Waals surface area (Å²) >= 11 is 0. The number of carbonyl (C=O) groups is 2. The molecule has 6 nitrogen and oxygen atoms in total. The first-order valence-electron chi connectivity index (χ1n) is 8.65. The van der Waals surface area contributed by atoms with Crippen molar-refractivity contribution in [2.24, 2.45) is 5.92 Å². The summed E-state index contributed by atoms with van der Waals surface area (Å²) in [6.45, 7) is 5.76. The highest BCUT2D eigenvalue weighted by Gasteiger charge is 2.19. The van der Waals surface area contributed by atoms with E-state index >= 15 is 0 Å². The number of pyridine rings is 1. The molecule has 138 valence electrons. The van der Waals surface area contributed by atoms with E-state index in [-0.39, 0.29) is 30.0 Å². The molecule has 1 aromatic heterocycles. The van der Waals surface area contributed by atoms with Crippen molar-refractivity contribution in [3.05, 3.63) is 70.7 Å². The summed E-state index contributed by atoms with van der Waals surface area (Å²) in [5.74, 6) is -0.829. The van der Waals surface area contributed by atoms with E-state index in [0.717, 1.165) is 12.0 Å². The first-order valence-corrected chi connectivity index (χ1v) is 8.65. The van der Waals surface area contributed by atoms with E-state index in [0.29, 0.717) is 4.73 Å². The molecule has 2 aromatic rings. The van der Waals surface area contributed by atoms with Gasteiger partial charge in [0.25, 0.3) is 5.91 Å². The van der Waals surface area contributed by atoms with Crippen LogP contribution in [-0.2, 0) is 16.0 Å². The van der Waals surface area contributed by atoms with Gasteiger partial charge in [-0.15, -0.1) is 0 Å². The number of hydrogen-bond donors (Lipinski definition) is 1. The molecule has 1 N–H and O–H groups in total. The number of carbonyl (C=O) groups excluding carboxylic acids is 2. The molecule has 0 aliphatic rings. The minimum absolute atomic E-state index is 0.164. The van der Waals surface area contributed by atoms with Crippen LogP contribution in [0.4, 0.5) is 0 Å². The van der Waals surface area contributed by atoms with E-state index in [1.165, 1.54) is 30.1 Å². The minimum Gasteiger partial charge on any atom is -0.619 e. The van der Waals surface area contributed by atoms with E-state index in [2.05, 4.69) is 24.4 Å². The molecule has 1 atom stereocenters. The molecular weight excluding hydrogens is 332 g/mol. The Morgan fingerprint density at radius 1 is 1.12 bits per heavy atom. The van der Waals surface area contributed by atoms with Gasteiger partial charge in [0.2, 0.25) is 0 Å². The zero-order valence-electron chi connectivity index (χ0n) is 15.3. The van der Waals surface area contributed by atoms with Gasteiger partial charge in [0.05, 0.1) is 11.6 Å². The van der Waals surface area contributed by atoms with Gasteiger partial charge in [-0.2, -0.15) is 4.73 Å². The fourth-order valence-corrected chi connectivity index (χ4v) is 2.57. The molecule has 0 aliphatic heterocycles. The lowest BCUT2D eigenvalue weighted by Gasteiger charge is -2.23. The van der Waals surface area contributed by atoms with Crippen molar-refractivity contribution >= 4 is 11.9 Å². The van der Waals surface area contributed by atoms with E-state index in [4.69, 9.17) is 4.74 Å². The van der Waals surface area contributed by atoms with E-state index in [1.807, 2.05) is 26.0 Å². The van der Waals surface area contributed by atoms with Crippen LogP contribution in [0.3, 0.4) is 0 Å². The standard InChI is InChI=1S/C20H24N2O4/c1-4-15-5-7-16(8-6-15)19(14(2)3)21-18(23)13-26-20(24)17-9-11-22(25)12-10-17/h5-12,14,19H,4,13H2,1-3H3,(H,21,23)/t19-/m1/s1. The molecule has 0 saturated carbocycles. The van der Waals surface area contributed by atoms with Crippen LogP contribution in [0, 0.1) is 11.1 Å². The van der Waals surface area contributed by atoms with Crippen molar-refractivity contribution in [1.29, 1.82) is 0 Å². The SMILES string of the molecule is CCc1ccc([C@H](NC(=O)COC(=O)c2cc[n+]([O-])cc2)C(C)C)cc1. The first-order chi connectivity index (χ1) is 12.4. The van der Waals surface area contributed by atoms with E-state index in [1.54, 1.807) is 0 Å². The number of amides is 1. The molecule has 1 heterocycles. The van der Waals surface area contributed by atoms with Crippen molar-refractivity contribution in [3.8, 4) is 0 Å². The van der Waals surface area contributed by atoms with Gasteiger partial charge in [-0.25, -0.2) is 4.79 Å². The van der Waals surface area contributed by atoms with Gasteiger partial charge in [-0.05, 0) is 23.5 Å². The number of ether oxygens (including phenoxy) is 1. The topological polar surface area (TPSA) is 82.3 Å². The lowest BCUT2D eigenvalue weighted by Crippen LogP contribution is -2.35. The molecule has 0 fully saturated rings. The zero-order valence-corrected chi connectivity index (χ0v) is 15.3. The summed E-state index contributed by atoms with van der Waals surface area (Å²) in [7, 11) is 0. The molecule has 26 heavy (non-hydrogen) atoms. The second kappa shape index (κ2) is 8.99. The van der Waals surface area contributed by atoms with Crippen LogP contribution in [0.5, 0.6) is 0 Å². The zero-order chi connectivity index (χ0) is 19.1. The molecule has 0 aliphatic carbocycles. The summed E-state index contributed by atoms with van der Waals surface area (Å²) in [6, 6.07) is 10.7. The Labute approximate surface area is 153 Å². The minimum atomic E-state index is -0.644. The van der Waals surface area contributed by atoms with Crippen molar-refractivity contribution in [3.63, 3.8) is 0 Å². The molecule has 6 heteroatoms. The number of rotatable bonds is 7. The van der Waals surface area contributed by atoms with Gasteiger partial charge in [-0.3, -0.25) is 4.79 Å². The highest BCUT2D eigenvalue weighted by molar-refractivity contribution is 5.91. The number of nitrogens with zero attached hydrogens (tertiary/aromatic N) is 1. The Hall–Kier alpha value is -2.89. The normalized spacial score (nSPS) is 11.8. The quantitative estimate of drug-likeness (QED) is 0.469. The maximum atomic E-state index is 12.2. The largest absolute Gasteiger partial charge is 0.619 e. The van der Waals surface area contributed by atoms with Gasteiger partial charge in [-0.1, -0.05) is 45.0 Å². The number of nitrogens with one attached hydrogen (secondary N) is 1. The highest BCUT2D eigenvalue weighted by Crippen LogP contribution is 2.22. The van der Waals surface area contributed by atoms with Gasteiger partial charge >= 0.3 is 5.97 Å². The van der Waals surface area contributed by atoms with Crippen molar-refractivity contribution in [1.82, 2.24) is 5.32 Å². The van der Waals surface area contributed by atoms with Crippen molar-refractivity contribution in [2.45, 2.75) is 33.2 Å². The number of aryl methyl sites for hydroxylation is 1. The predicted octanol–water partition coefficient (Wildman–Crippen LogP) is 2.55. The lowest BCUT2D eigenvalue weighted by molar-refractivity contribution is -0.605. The van der Waals surface area contributed by atoms with E-state index < -0.39 is 5.97 Å². The molecule has 1 aromatic carbocycles. The average molecular weight is 356 g/mol. The Morgan fingerprint density at radius 3 is 2.27 bits per heavy atom. The number of hydrogen-bond acceptors (Lipinski definition) is 4. The van der Waals surface area contributed by atoms with Crippen molar-refractivity contribution < 1.29 is 19.1 Å². The summed E-state index contributed by atoms with van der Waals surface area (Å²) in [5.41, 5.74) is 2.47. The Balaban J connectivity index is 1.94. The van der Waals surface area contributed by atoms with Crippen LogP contribution in [0.15, 0.2) is 48.8 Å². The fraction of sp³-hybridized carbons (Fsp3) is 0.350. The molecule has 2 rings (SSSR count). The van der Waals surface area contributed by atoms with Gasteiger partial charge in [0, 0.05) is 12.1 Å². The molecule has 0 bridgehead atoms. The monoisotopic (exact) mass is 356 g/mol. The molecule has 1 amide bonds. The maximum absolute atomic E-state index is 12.2. The third-order valence-electron chi connectivity index (χ3n) is 4.10. The number of benzene rings is 1. The average Bonchev–Trinajstić information content (AvgIpc) is 2.64. The van der Waals surface area contributed by atoms with Gasteiger partial charge < -0.3 is 15.3 Å². The first kappa shape index (κ1) is 19.4. The smallest absolute Gasteiger partial charge is 0.339 e. The molecule has 0 spiro atoms. The number of aromatic nitrogens is 1. The Morgan fingerprint density at radius 2 is 1.73 bits per heavy atom. The second-order valence-corrected chi connectivity index (χ2v) is 6.41. The van der Waals surface area contributed by atoms with Gasteiger partial charge in [0.1, 0.15) is 0 Å². The van der Waals surface area contributed by atoms with Crippen LogP contribution in [0.2, 0.25) is 0 Å². The third kappa shape index (κ3) is 5.31. The Bertz CT molecular complexity index is 739. The summed E-state index contributed by atoms with van der Waals surface area (Å²) in [4.78, 5) is 24.1. The van der Waals surface area contributed by atoms with Crippen LogP contribution >= 0.6 is 0 Å².